The van der Waals surface area contributed by atoms with Crippen molar-refractivity contribution in [2.75, 3.05) is 18.1 Å². The second-order valence-electron chi connectivity index (χ2n) is 5.70. The summed E-state index contributed by atoms with van der Waals surface area (Å²) in [5, 5.41) is 14.0. The second-order valence-corrected chi connectivity index (χ2v) is 7.72. The first kappa shape index (κ1) is 13.9. The van der Waals surface area contributed by atoms with Gasteiger partial charge in [-0.25, -0.2) is 0 Å². The van der Waals surface area contributed by atoms with Gasteiger partial charge >= 0.3 is 0 Å². The van der Waals surface area contributed by atoms with Crippen LogP contribution in [0.2, 0.25) is 0 Å². The molecule has 104 valence electrons. The van der Waals surface area contributed by atoms with Gasteiger partial charge in [-0.15, -0.1) is 0 Å². The molecule has 0 spiro atoms. The van der Waals surface area contributed by atoms with E-state index in [1.165, 1.54) is 30.4 Å². The van der Waals surface area contributed by atoms with Crippen LogP contribution in [0.4, 0.5) is 0 Å². The van der Waals surface area contributed by atoms with Crippen LogP contribution in [0.15, 0.2) is 22.7 Å². The number of aliphatic hydroxyl groups is 1. The lowest BCUT2D eigenvalue weighted by Crippen LogP contribution is -2.42. The number of thioether (sulfide) groups is 1. The molecule has 1 saturated heterocycles. The number of rotatable bonds is 3. The average molecular weight is 342 g/mol. The molecular weight excluding hydrogens is 322 g/mol. The quantitative estimate of drug-likeness (QED) is 0.884. The molecule has 1 aliphatic heterocycles. The van der Waals surface area contributed by atoms with Gasteiger partial charge in [-0.1, -0.05) is 22.0 Å². The van der Waals surface area contributed by atoms with Gasteiger partial charge < -0.3 is 10.4 Å². The molecule has 4 heteroatoms. The molecule has 3 rings (SSSR count). The summed E-state index contributed by atoms with van der Waals surface area (Å²) in [4.78, 5) is 0. The molecule has 2 unspecified atom stereocenters. The highest BCUT2D eigenvalue weighted by Gasteiger charge is 2.32. The monoisotopic (exact) mass is 341 g/mol. The third kappa shape index (κ3) is 3.18. The van der Waals surface area contributed by atoms with Crippen LogP contribution < -0.4 is 5.32 Å². The molecule has 1 fully saturated rings. The Kier molecular flexibility index (Phi) is 4.22. The number of fused-ring (bicyclic) bond motifs is 1. The first-order valence-electron chi connectivity index (χ1n) is 6.98. The van der Waals surface area contributed by atoms with E-state index < -0.39 is 5.60 Å². The fourth-order valence-electron chi connectivity index (χ4n) is 3.03. The number of halogens is 1. The lowest BCUT2D eigenvalue weighted by Gasteiger charge is -2.30. The summed E-state index contributed by atoms with van der Waals surface area (Å²) in [5.41, 5.74) is 2.38. The van der Waals surface area contributed by atoms with Crippen LogP contribution >= 0.6 is 27.7 Å². The van der Waals surface area contributed by atoms with E-state index in [9.17, 15) is 5.11 Å². The molecule has 1 aromatic carbocycles. The van der Waals surface area contributed by atoms with Gasteiger partial charge in [0, 0.05) is 22.8 Å². The maximum Gasteiger partial charge on any atom is 0.0869 e. The summed E-state index contributed by atoms with van der Waals surface area (Å²) < 4.78 is 1.15. The summed E-state index contributed by atoms with van der Waals surface area (Å²) >= 11 is 5.42. The van der Waals surface area contributed by atoms with Crippen molar-refractivity contribution in [1.82, 2.24) is 5.32 Å². The Labute approximate surface area is 127 Å². The summed E-state index contributed by atoms with van der Waals surface area (Å²) in [6.45, 7) is 0.719. The molecule has 2 N–H and O–H groups in total. The Morgan fingerprint density at radius 2 is 2.37 bits per heavy atom. The van der Waals surface area contributed by atoms with Gasteiger partial charge in [0.2, 0.25) is 0 Å². The van der Waals surface area contributed by atoms with Crippen LogP contribution in [0.1, 0.15) is 36.4 Å². The Bertz CT molecular complexity index is 459. The van der Waals surface area contributed by atoms with E-state index in [2.05, 4.69) is 39.4 Å². The Balaban J connectivity index is 1.71. The van der Waals surface area contributed by atoms with Crippen LogP contribution in [0.5, 0.6) is 0 Å². The molecule has 2 aliphatic rings. The molecule has 0 radical (unpaired) electrons. The van der Waals surface area contributed by atoms with Crippen molar-refractivity contribution in [2.24, 2.45) is 0 Å². The lowest BCUT2D eigenvalue weighted by atomic mass is 9.87. The molecule has 2 atom stereocenters. The van der Waals surface area contributed by atoms with E-state index in [0.29, 0.717) is 6.04 Å². The molecule has 19 heavy (non-hydrogen) atoms. The van der Waals surface area contributed by atoms with Crippen molar-refractivity contribution < 1.29 is 5.11 Å². The van der Waals surface area contributed by atoms with E-state index in [0.717, 1.165) is 28.9 Å². The van der Waals surface area contributed by atoms with Gasteiger partial charge in [-0.2, -0.15) is 11.8 Å². The third-order valence-electron chi connectivity index (χ3n) is 4.18. The van der Waals surface area contributed by atoms with Crippen molar-refractivity contribution >= 4 is 27.7 Å². The molecule has 1 aliphatic carbocycles. The first-order valence-corrected chi connectivity index (χ1v) is 8.93. The van der Waals surface area contributed by atoms with E-state index in [1.54, 1.807) is 0 Å². The molecule has 1 aromatic rings. The molecule has 0 aromatic heterocycles. The fourth-order valence-corrected chi connectivity index (χ4v) is 4.70. The molecule has 0 amide bonds. The highest BCUT2D eigenvalue weighted by atomic mass is 79.9. The van der Waals surface area contributed by atoms with Gasteiger partial charge in [0.1, 0.15) is 0 Å². The summed E-state index contributed by atoms with van der Waals surface area (Å²) in [6, 6.07) is 6.99. The van der Waals surface area contributed by atoms with Gasteiger partial charge in [-0.05, 0) is 54.7 Å². The maximum atomic E-state index is 10.4. The van der Waals surface area contributed by atoms with E-state index in [1.807, 2.05) is 11.8 Å². The zero-order valence-corrected chi connectivity index (χ0v) is 13.4. The number of benzene rings is 1. The number of hydrogen-bond acceptors (Lipinski definition) is 3. The Morgan fingerprint density at radius 1 is 1.47 bits per heavy atom. The van der Waals surface area contributed by atoms with Gasteiger partial charge in [-0.3, -0.25) is 0 Å². The number of aryl methyl sites for hydroxylation is 1. The lowest BCUT2D eigenvalue weighted by molar-refractivity contribution is 0.0638. The Morgan fingerprint density at radius 3 is 3.16 bits per heavy atom. The standard InChI is InChI=1S/C15H20BrNOS/c16-12-5-4-11-2-1-3-14(13(11)8-12)17-9-15(18)6-7-19-10-15/h4-5,8,14,17-18H,1-3,6-7,9-10H2. The zero-order chi connectivity index (χ0) is 13.3. The zero-order valence-electron chi connectivity index (χ0n) is 11.0. The second kappa shape index (κ2) is 5.76. The molecule has 0 saturated carbocycles. The normalized spacial score (nSPS) is 30.3. The third-order valence-corrected chi connectivity index (χ3v) is 5.91. The van der Waals surface area contributed by atoms with Crippen LogP contribution in [0.3, 0.4) is 0 Å². The molecule has 1 heterocycles. The van der Waals surface area contributed by atoms with Gasteiger partial charge in [0.25, 0.3) is 0 Å². The van der Waals surface area contributed by atoms with E-state index >= 15 is 0 Å². The predicted molar refractivity (Wildman–Crippen MR) is 84.7 cm³/mol. The summed E-state index contributed by atoms with van der Waals surface area (Å²) in [7, 11) is 0. The average Bonchev–Trinajstić information content (AvgIpc) is 2.84. The topological polar surface area (TPSA) is 32.3 Å². The van der Waals surface area contributed by atoms with Crippen LogP contribution in [-0.4, -0.2) is 28.8 Å². The first-order chi connectivity index (χ1) is 9.16. The van der Waals surface area contributed by atoms with Crippen LogP contribution in [0, 0.1) is 0 Å². The molecule has 2 nitrogen and oxygen atoms in total. The molecule has 0 bridgehead atoms. The van der Waals surface area contributed by atoms with Gasteiger partial charge in [0.15, 0.2) is 0 Å². The van der Waals surface area contributed by atoms with Crippen LogP contribution in [0.25, 0.3) is 0 Å². The predicted octanol–water partition coefficient (Wildman–Crippen LogP) is 3.28. The smallest absolute Gasteiger partial charge is 0.0869 e. The van der Waals surface area contributed by atoms with E-state index in [-0.39, 0.29) is 0 Å². The van der Waals surface area contributed by atoms with Crippen molar-refractivity contribution in [3.8, 4) is 0 Å². The SMILES string of the molecule is OC1(CNC2CCCc3ccc(Br)cc32)CCSC1. The van der Waals surface area contributed by atoms with Crippen LogP contribution in [-0.2, 0) is 6.42 Å². The minimum Gasteiger partial charge on any atom is -0.388 e. The summed E-state index contributed by atoms with van der Waals surface area (Å²) in [5.74, 6) is 1.96. The van der Waals surface area contributed by atoms with Crippen molar-refractivity contribution in [3.63, 3.8) is 0 Å². The Hall–Kier alpha value is -0.0300. The van der Waals surface area contributed by atoms with E-state index in [4.69, 9.17) is 0 Å². The molecular formula is C15H20BrNOS. The van der Waals surface area contributed by atoms with Crippen molar-refractivity contribution in [3.05, 3.63) is 33.8 Å². The summed E-state index contributed by atoms with van der Waals surface area (Å²) in [6.07, 6.45) is 4.51. The van der Waals surface area contributed by atoms with Crippen molar-refractivity contribution in [2.45, 2.75) is 37.3 Å². The highest BCUT2D eigenvalue weighted by Crippen LogP contribution is 2.33. The fraction of sp³-hybridized carbons (Fsp3) is 0.600. The highest BCUT2D eigenvalue weighted by molar-refractivity contribution is 9.10. The minimum atomic E-state index is -0.492. The number of hydrogen-bond donors (Lipinski definition) is 2. The van der Waals surface area contributed by atoms with Gasteiger partial charge in [0.05, 0.1) is 5.60 Å². The minimum absolute atomic E-state index is 0.399. The maximum absolute atomic E-state index is 10.4. The number of nitrogens with one attached hydrogen (secondary N) is 1. The van der Waals surface area contributed by atoms with Crippen molar-refractivity contribution in [1.29, 1.82) is 0 Å². The largest absolute Gasteiger partial charge is 0.388 e.